The van der Waals surface area contributed by atoms with E-state index in [9.17, 15) is 15.0 Å². The predicted molar refractivity (Wildman–Crippen MR) is 48.4 cm³/mol. The molecule has 0 saturated heterocycles. The zero-order chi connectivity index (χ0) is 10.3. The van der Waals surface area contributed by atoms with Crippen LogP contribution in [0.25, 0.3) is 0 Å². The maximum atomic E-state index is 11.1. The van der Waals surface area contributed by atoms with E-state index in [1.807, 2.05) is 6.92 Å². The number of hydrogen-bond acceptors (Lipinski definition) is 4. The van der Waals surface area contributed by atoms with Crippen molar-refractivity contribution in [2.24, 2.45) is 0 Å². The molecule has 0 amide bonds. The number of ether oxygens (including phenoxy) is 1. The van der Waals surface area contributed by atoms with Crippen LogP contribution >= 0.6 is 0 Å². The van der Waals surface area contributed by atoms with E-state index < -0.39 is 0 Å². The van der Waals surface area contributed by atoms with Gasteiger partial charge in [0.25, 0.3) is 0 Å². The quantitative estimate of drug-likeness (QED) is 0.373. The van der Waals surface area contributed by atoms with Crippen molar-refractivity contribution in [2.45, 2.75) is 19.3 Å². The molecule has 0 fully saturated rings. The molecule has 1 aliphatic heterocycles. The first-order chi connectivity index (χ1) is 6.58. The summed E-state index contributed by atoms with van der Waals surface area (Å²) in [4.78, 5) is 11.1. The van der Waals surface area contributed by atoms with Gasteiger partial charge in [0.1, 0.15) is 5.75 Å². The number of hydrogen-bond donors (Lipinski definition) is 2. The maximum absolute atomic E-state index is 11.1. The molecule has 1 aromatic rings. The van der Waals surface area contributed by atoms with Crippen molar-refractivity contribution in [2.75, 3.05) is 0 Å². The second-order valence-corrected chi connectivity index (χ2v) is 3.46. The van der Waals surface area contributed by atoms with Crippen molar-refractivity contribution in [1.82, 2.24) is 0 Å². The number of carbonyl (C=O) groups is 1. The average Bonchev–Trinajstić information content (AvgIpc) is 2.08. The first-order valence-electron chi connectivity index (χ1n) is 4.34. The van der Waals surface area contributed by atoms with Crippen molar-refractivity contribution in [3.8, 4) is 17.2 Å². The molecule has 0 spiro atoms. The van der Waals surface area contributed by atoms with Crippen LogP contribution in [-0.4, -0.2) is 16.2 Å². The summed E-state index contributed by atoms with van der Waals surface area (Å²) in [5, 5.41) is 18.5. The smallest absolute Gasteiger partial charge is 0.311 e. The Morgan fingerprint density at radius 3 is 2.71 bits per heavy atom. The van der Waals surface area contributed by atoms with Crippen LogP contribution in [0.2, 0.25) is 0 Å². The van der Waals surface area contributed by atoms with E-state index >= 15 is 0 Å². The number of carbonyl (C=O) groups excluding carboxylic acids is 1. The number of phenolic OH excluding ortho intramolecular Hbond substituents is 2. The second kappa shape index (κ2) is 2.90. The van der Waals surface area contributed by atoms with Gasteiger partial charge in [0.15, 0.2) is 11.5 Å². The Hall–Kier alpha value is -1.71. The van der Waals surface area contributed by atoms with Crippen LogP contribution in [0.4, 0.5) is 0 Å². The molecular weight excluding hydrogens is 184 g/mol. The molecule has 0 radical (unpaired) electrons. The van der Waals surface area contributed by atoms with Gasteiger partial charge < -0.3 is 14.9 Å². The lowest BCUT2D eigenvalue weighted by Crippen LogP contribution is -2.18. The third kappa shape index (κ3) is 1.28. The number of phenols is 2. The van der Waals surface area contributed by atoms with Gasteiger partial charge in [0, 0.05) is 11.6 Å². The van der Waals surface area contributed by atoms with Crippen molar-refractivity contribution in [3.05, 3.63) is 17.7 Å². The topological polar surface area (TPSA) is 66.8 Å². The molecule has 1 unspecified atom stereocenters. The molecule has 4 heteroatoms. The Kier molecular flexibility index (Phi) is 1.84. The molecule has 2 N–H and O–H groups in total. The Bertz CT molecular complexity index is 397. The monoisotopic (exact) mass is 194 g/mol. The SMILES string of the molecule is CC1CC(=O)Oc2cc(O)c(O)cc21. The van der Waals surface area contributed by atoms with Crippen molar-refractivity contribution >= 4 is 5.97 Å². The molecule has 0 saturated carbocycles. The van der Waals surface area contributed by atoms with Gasteiger partial charge >= 0.3 is 5.97 Å². The number of rotatable bonds is 0. The van der Waals surface area contributed by atoms with Crippen LogP contribution in [0, 0.1) is 0 Å². The van der Waals surface area contributed by atoms with Crippen LogP contribution in [0.1, 0.15) is 24.8 Å². The van der Waals surface area contributed by atoms with Crippen LogP contribution in [0.3, 0.4) is 0 Å². The Labute approximate surface area is 80.7 Å². The van der Waals surface area contributed by atoms with Crippen molar-refractivity contribution in [1.29, 1.82) is 0 Å². The minimum atomic E-state index is -0.310. The van der Waals surface area contributed by atoms with Crippen molar-refractivity contribution < 1.29 is 19.7 Å². The van der Waals surface area contributed by atoms with E-state index in [0.717, 1.165) is 5.56 Å². The zero-order valence-corrected chi connectivity index (χ0v) is 7.65. The molecule has 0 aromatic heterocycles. The molecule has 0 bridgehead atoms. The third-order valence-corrected chi connectivity index (χ3v) is 2.33. The molecular formula is C10H10O4. The summed E-state index contributed by atoms with van der Waals surface area (Å²) in [5.74, 6) is -0.420. The largest absolute Gasteiger partial charge is 0.504 e. The van der Waals surface area contributed by atoms with Crippen molar-refractivity contribution in [3.63, 3.8) is 0 Å². The lowest BCUT2D eigenvalue weighted by atomic mass is 9.94. The normalized spacial score (nSPS) is 20.1. The van der Waals surface area contributed by atoms with Gasteiger partial charge in [-0.15, -0.1) is 0 Å². The first-order valence-corrected chi connectivity index (χ1v) is 4.34. The lowest BCUT2D eigenvalue weighted by molar-refractivity contribution is -0.135. The molecule has 1 atom stereocenters. The van der Waals surface area contributed by atoms with Gasteiger partial charge in [-0.05, 0) is 12.0 Å². The summed E-state index contributed by atoms with van der Waals surface area (Å²) in [6.07, 6.45) is 0.303. The van der Waals surface area contributed by atoms with E-state index in [1.165, 1.54) is 12.1 Å². The van der Waals surface area contributed by atoms with Gasteiger partial charge in [0.05, 0.1) is 6.42 Å². The molecule has 0 aliphatic carbocycles. The fraction of sp³-hybridized carbons (Fsp3) is 0.300. The summed E-state index contributed by atoms with van der Waals surface area (Å²) < 4.78 is 4.93. The van der Waals surface area contributed by atoms with E-state index in [-0.39, 0.29) is 23.4 Å². The summed E-state index contributed by atoms with van der Waals surface area (Å²) in [6, 6.07) is 2.69. The highest BCUT2D eigenvalue weighted by molar-refractivity contribution is 5.77. The summed E-state index contributed by atoms with van der Waals surface area (Å²) in [7, 11) is 0. The van der Waals surface area contributed by atoms with Gasteiger partial charge in [0.2, 0.25) is 0 Å². The average molecular weight is 194 g/mol. The molecule has 14 heavy (non-hydrogen) atoms. The number of benzene rings is 1. The van der Waals surface area contributed by atoms with Crippen LogP contribution in [-0.2, 0) is 4.79 Å². The number of esters is 1. The molecule has 1 heterocycles. The fourth-order valence-electron chi connectivity index (χ4n) is 1.57. The Morgan fingerprint density at radius 2 is 2.00 bits per heavy atom. The summed E-state index contributed by atoms with van der Waals surface area (Å²) in [6.45, 7) is 1.87. The highest BCUT2D eigenvalue weighted by Crippen LogP contribution is 2.40. The molecule has 2 rings (SSSR count). The lowest BCUT2D eigenvalue weighted by Gasteiger charge is -2.21. The second-order valence-electron chi connectivity index (χ2n) is 3.46. The van der Waals surface area contributed by atoms with Gasteiger partial charge in [-0.1, -0.05) is 6.92 Å². The highest BCUT2D eigenvalue weighted by atomic mass is 16.5. The Balaban J connectivity index is 2.54. The van der Waals surface area contributed by atoms with Crippen LogP contribution < -0.4 is 4.74 Å². The first kappa shape index (κ1) is 8.87. The van der Waals surface area contributed by atoms with E-state index in [0.29, 0.717) is 12.2 Å². The van der Waals surface area contributed by atoms with Gasteiger partial charge in [-0.25, -0.2) is 0 Å². The van der Waals surface area contributed by atoms with E-state index in [1.54, 1.807) is 0 Å². The van der Waals surface area contributed by atoms with E-state index in [2.05, 4.69) is 0 Å². The zero-order valence-electron chi connectivity index (χ0n) is 7.65. The molecule has 4 nitrogen and oxygen atoms in total. The number of aromatic hydroxyl groups is 2. The third-order valence-electron chi connectivity index (χ3n) is 2.33. The van der Waals surface area contributed by atoms with Crippen LogP contribution in [0.15, 0.2) is 12.1 Å². The van der Waals surface area contributed by atoms with Crippen LogP contribution in [0.5, 0.6) is 17.2 Å². The summed E-state index contributed by atoms with van der Waals surface area (Å²) >= 11 is 0. The molecule has 1 aliphatic rings. The highest BCUT2D eigenvalue weighted by Gasteiger charge is 2.25. The van der Waals surface area contributed by atoms with Gasteiger partial charge in [-0.3, -0.25) is 4.79 Å². The predicted octanol–water partition coefficient (Wildman–Crippen LogP) is 1.51. The van der Waals surface area contributed by atoms with Gasteiger partial charge in [-0.2, -0.15) is 0 Å². The van der Waals surface area contributed by atoms with E-state index in [4.69, 9.17) is 4.74 Å². The maximum Gasteiger partial charge on any atom is 0.311 e. The molecule has 74 valence electrons. The molecule has 1 aromatic carbocycles. The number of fused-ring (bicyclic) bond motifs is 1. The fourth-order valence-corrected chi connectivity index (χ4v) is 1.57. The minimum Gasteiger partial charge on any atom is -0.504 e. The standard InChI is InChI=1S/C10H10O4/c1-5-2-10(13)14-9-4-8(12)7(11)3-6(5)9/h3-5,11-12H,2H2,1H3. The minimum absolute atomic E-state index is 0.0118. The Morgan fingerprint density at radius 1 is 1.36 bits per heavy atom. The summed E-state index contributed by atoms with van der Waals surface area (Å²) in [5.41, 5.74) is 0.750.